The monoisotopic (exact) mass is 483 g/mol. The minimum Gasteiger partial charge on any atom is -0.444 e. The summed E-state index contributed by atoms with van der Waals surface area (Å²) in [5.74, 6) is -0.736. The summed E-state index contributed by atoms with van der Waals surface area (Å²) in [4.78, 5) is 27.6. The maximum atomic E-state index is 14.2. The van der Waals surface area contributed by atoms with Gasteiger partial charge in [0.25, 0.3) is 5.91 Å². The van der Waals surface area contributed by atoms with Crippen LogP contribution in [0.25, 0.3) is 11.1 Å². The number of amides is 2. The number of ether oxygens (including phenoxy) is 1. The van der Waals surface area contributed by atoms with Crippen LogP contribution in [-0.4, -0.2) is 40.6 Å². The summed E-state index contributed by atoms with van der Waals surface area (Å²) in [5, 5.41) is 12.3. The van der Waals surface area contributed by atoms with E-state index < -0.39 is 17.5 Å². The highest BCUT2D eigenvalue weighted by Crippen LogP contribution is 2.38. The lowest BCUT2D eigenvalue weighted by Crippen LogP contribution is -2.53. The topological polar surface area (TPSA) is 82.4 Å². The van der Waals surface area contributed by atoms with Gasteiger partial charge in [0.1, 0.15) is 17.5 Å². The van der Waals surface area contributed by atoms with Gasteiger partial charge >= 0.3 is 6.09 Å². The molecular formula is C26H27ClFN3O3. The van der Waals surface area contributed by atoms with Gasteiger partial charge in [0.2, 0.25) is 0 Å². The van der Waals surface area contributed by atoms with Gasteiger partial charge in [0.05, 0.1) is 5.56 Å². The summed E-state index contributed by atoms with van der Waals surface area (Å²) in [6.45, 7) is 5.47. The zero-order valence-electron chi connectivity index (χ0n) is 19.4. The van der Waals surface area contributed by atoms with Crippen LogP contribution in [0, 0.1) is 17.1 Å². The lowest BCUT2D eigenvalue weighted by atomic mass is 9.95. The van der Waals surface area contributed by atoms with E-state index in [2.05, 4.69) is 5.32 Å². The molecule has 2 aliphatic heterocycles. The van der Waals surface area contributed by atoms with Crippen molar-refractivity contribution in [1.82, 2.24) is 10.2 Å². The van der Waals surface area contributed by atoms with E-state index in [1.807, 2.05) is 25.7 Å². The molecule has 2 aromatic rings. The lowest BCUT2D eigenvalue weighted by Gasteiger charge is -2.39. The Kier molecular flexibility index (Phi) is 6.55. The maximum Gasteiger partial charge on any atom is 0.407 e. The first-order chi connectivity index (χ1) is 16.1. The summed E-state index contributed by atoms with van der Waals surface area (Å²) < 4.78 is 19.5. The Morgan fingerprint density at radius 3 is 2.41 bits per heavy atom. The largest absolute Gasteiger partial charge is 0.444 e. The highest BCUT2D eigenvalue weighted by atomic mass is 35.5. The van der Waals surface area contributed by atoms with E-state index in [9.17, 15) is 14.0 Å². The number of hydrogen-bond donors (Lipinski definition) is 1. The molecule has 2 amide bonds. The van der Waals surface area contributed by atoms with Gasteiger partial charge in [-0.1, -0.05) is 17.7 Å². The Labute approximate surface area is 203 Å². The summed E-state index contributed by atoms with van der Waals surface area (Å²) in [6, 6.07) is 11.1. The predicted octanol–water partition coefficient (Wildman–Crippen LogP) is 5.68. The standard InChI is InChI=1S/C26H27ClFN3O3/c1-26(2,3)34-25(33)30-18-12-19-7-8-20(13-18)31(19)24(32)16-6-9-22(27)21(10-16)15-4-5-17(14-29)23(28)11-15/h4-6,9-11,18-20H,7-8,12-13H2,1-3H3,(H,30,33)/t18?,19-,20+. The first kappa shape index (κ1) is 24.0. The smallest absolute Gasteiger partial charge is 0.407 e. The minimum atomic E-state index is -0.634. The molecule has 2 bridgehead atoms. The van der Waals surface area contributed by atoms with E-state index in [1.54, 1.807) is 30.3 Å². The molecule has 2 fully saturated rings. The van der Waals surface area contributed by atoms with Crippen molar-refractivity contribution in [3.05, 3.63) is 58.4 Å². The SMILES string of the molecule is CC(C)(C)OC(=O)NC1C[C@H]2CC[C@@H](C1)N2C(=O)c1ccc(Cl)c(-c2ccc(C#N)c(F)c2)c1. The second-order valence-electron chi connectivity index (χ2n) is 9.91. The van der Waals surface area contributed by atoms with Gasteiger partial charge in [-0.3, -0.25) is 4.79 Å². The molecule has 2 aliphatic rings. The third-order valence-electron chi connectivity index (χ3n) is 6.30. The Morgan fingerprint density at radius 1 is 1.15 bits per heavy atom. The molecule has 4 rings (SSSR count). The van der Waals surface area contributed by atoms with E-state index in [0.717, 1.165) is 12.8 Å². The van der Waals surface area contributed by atoms with Crippen LogP contribution in [0.1, 0.15) is 62.4 Å². The molecule has 0 radical (unpaired) electrons. The Hall–Kier alpha value is -3.11. The van der Waals surface area contributed by atoms with Gasteiger partial charge < -0.3 is 15.0 Å². The van der Waals surface area contributed by atoms with Crippen LogP contribution < -0.4 is 5.32 Å². The second-order valence-corrected chi connectivity index (χ2v) is 10.3. The molecule has 34 heavy (non-hydrogen) atoms. The summed E-state index contributed by atoms with van der Waals surface area (Å²) in [7, 11) is 0. The number of alkyl carbamates (subject to hydrolysis) is 1. The molecule has 3 atom stereocenters. The molecule has 2 heterocycles. The summed E-state index contributed by atoms with van der Waals surface area (Å²) in [5.41, 5.74) is 0.888. The van der Waals surface area contributed by atoms with Crippen molar-refractivity contribution in [2.45, 2.75) is 70.2 Å². The van der Waals surface area contributed by atoms with Gasteiger partial charge in [0, 0.05) is 34.3 Å². The van der Waals surface area contributed by atoms with E-state index in [-0.39, 0.29) is 29.6 Å². The molecule has 0 spiro atoms. The fourth-order valence-corrected chi connectivity index (χ4v) is 5.13. The van der Waals surface area contributed by atoms with E-state index >= 15 is 0 Å². The van der Waals surface area contributed by atoms with Gasteiger partial charge in [-0.2, -0.15) is 5.26 Å². The molecule has 0 saturated carbocycles. The van der Waals surface area contributed by atoms with Gasteiger partial charge in [-0.15, -0.1) is 0 Å². The highest BCUT2D eigenvalue weighted by molar-refractivity contribution is 6.33. The van der Waals surface area contributed by atoms with Crippen LogP contribution >= 0.6 is 11.6 Å². The van der Waals surface area contributed by atoms with Gasteiger partial charge in [-0.25, -0.2) is 9.18 Å². The van der Waals surface area contributed by atoms with Crippen molar-refractivity contribution < 1.29 is 18.7 Å². The molecule has 2 saturated heterocycles. The number of carbonyl (C=O) groups excluding carboxylic acids is 2. The predicted molar refractivity (Wildman–Crippen MR) is 127 cm³/mol. The van der Waals surface area contributed by atoms with Crippen LogP contribution in [-0.2, 0) is 4.74 Å². The molecule has 2 aromatic carbocycles. The highest BCUT2D eigenvalue weighted by Gasteiger charge is 2.44. The fraction of sp³-hybridized carbons (Fsp3) is 0.423. The van der Waals surface area contributed by atoms with E-state index in [0.29, 0.717) is 34.6 Å². The normalized spacial score (nSPS) is 21.6. The number of rotatable bonds is 3. The van der Waals surface area contributed by atoms with Crippen molar-refractivity contribution in [1.29, 1.82) is 5.26 Å². The Balaban J connectivity index is 1.51. The first-order valence-electron chi connectivity index (χ1n) is 11.4. The number of nitrogens with zero attached hydrogens (tertiary/aromatic N) is 2. The van der Waals surface area contributed by atoms with Crippen LogP contribution in [0.15, 0.2) is 36.4 Å². The van der Waals surface area contributed by atoms with Crippen molar-refractivity contribution in [3.8, 4) is 17.2 Å². The zero-order chi connectivity index (χ0) is 24.6. The van der Waals surface area contributed by atoms with Crippen molar-refractivity contribution in [2.24, 2.45) is 0 Å². The number of benzene rings is 2. The number of nitriles is 1. The van der Waals surface area contributed by atoms with Gasteiger partial charge in [-0.05, 0) is 82.3 Å². The van der Waals surface area contributed by atoms with Crippen LogP contribution in [0.2, 0.25) is 5.02 Å². The average molecular weight is 484 g/mol. The minimum absolute atomic E-state index is 0.0256. The fourth-order valence-electron chi connectivity index (χ4n) is 4.90. The van der Waals surface area contributed by atoms with Crippen LogP contribution in [0.3, 0.4) is 0 Å². The molecule has 0 aliphatic carbocycles. The van der Waals surface area contributed by atoms with Crippen LogP contribution in [0.5, 0.6) is 0 Å². The molecule has 8 heteroatoms. The van der Waals surface area contributed by atoms with E-state index in [1.165, 1.54) is 12.1 Å². The van der Waals surface area contributed by atoms with Crippen molar-refractivity contribution in [3.63, 3.8) is 0 Å². The Bertz CT molecular complexity index is 1160. The number of nitrogens with one attached hydrogen (secondary N) is 1. The number of halogens is 2. The molecule has 0 aromatic heterocycles. The van der Waals surface area contributed by atoms with Gasteiger partial charge in [0.15, 0.2) is 0 Å². The van der Waals surface area contributed by atoms with Crippen LogP contribution in [0.4, 0.5) is 9.18 Å². The van der Waals surface area contributed by atoms with E-state index in [4.69, 9.17) is 21.6 Å². The molecule has 178 valence electrons. The zero-order valence-corrected chi connectivity index (χ0v) is 20.2. The summed E-state index contributed by atoms with van der Waals surface area (Å²) in [6.07, 6.45) is 2.66. The molecule has 1 N–H and O–H groups in total. The molecule has 6 nitrogen and oxygen atoms in total. The molecular weight excluding hydrogens is 457 g/mol. The third kappa shape index (κ3) is 5.02. The quantitative estimate of drug-likeness (QED) is 0.609. The average Bonchev–Trinajstić information content (AvgIpc) is 3.02. The molecule has 1 unspecified atom stereocenters. The lowest BCUT2D eigenvalue weighted by molar-refractivity contribution is 0.0418. The first-order valence-corrected chi connectivity index (χ1v) is 11.8. The van der Waals surface area contributed by atoms with Crippen molar-refractivity contribution >= 4 is 23.6 Å². The Morgan fingerprint density at radius 2 is 1.82 bits per heavy atom. The number of hydrogen-bond acceptors (Lipinski definition) is 4. The second kappa shape index (κ2) is 9.27. The van der Waals surface area contributed by atoms with Crippen molar-refractivity contribution in [2.75, 3.05) is 0 Å². The maximum absolute atomic E-state index is 14.2. The number of fused-ring (bicyclic) bond motifs is 2. The number of carbonyl (C=O) groups is 2. The summed E-state index contributed by atoms with van der Waals surface area (Å²) >= 11 is 6.37. The third-order valence-corrected chi connectivity index (χ3v) is 6.63. The number of piperidine rings is 1.